The topological polar surface area (TPSA) is 59.9 Å². The average molecular weight is 453 g/mol. The number of aryl methyl sites for hydroxylation is 1. The fraction of sp³-hybridized carbons (Fsp3) is 0.130. The van der Waals surface area contributed by atoms with Crippen molar-refractivity contribution in [3.63, 3.8) is 0 Å². The van der Waals surface area contributed by atoms with Crippen molar-refractivity contribution < 1.29 is 14.3 Å². The van der Waals surface area contributed by atoms with Crippen LogP contribution in [0.4, 0.5) is 11.4 Å². The molecule has 29 heavy (non-hydrogen) atoms. The average Bonchev–Trinajstić information content (AvgIpc) is 2.72. The molecular weight excluding hydrogens is 432 g/mol. The van der Waals surface area contributed by atoms with E-state index in [1.54, 1.807) is 19.4 Å². The molecule has 0 unspecified atom stereocenters. The van der Waals surface area contributed by atoms with Crippen LogP contribution in [-0.2, 0) is 4.79 Å². The van der Waals surface area contributed by atoms with Gasteiger partial charge in [0.05, 0.1) is 12.8 Å². The molecule has 148 valence electrons. The Morgan fingerprint density at radius 1 is 1.10 bits per heavy atom. The van der Waals surface area contributed by atoms with E-state index in [-0.39, 0.29) is 12.5 Å². The molecule has 0 aliphatic carbocycles. The highest BCUT2D eigenvalue weighted by atomic mass is 79.9. The Morgan fingerprint density at radius 2 is 1.90 bits per heavy atom. The standard InChI is InChI=1S/C23H21BrN2O3/c1-16-4-3-5-20(12-16)26-23(27)15-29-22-11-6-18(24)13-17(22)14-25-19-7-9-21(28-2)10-8-19/h3-14H,15H2,1-2H3,(H,26,27). The minimum atomic E-state index is -0.225. The third-order valence-electron chi connectivity index (χ3n) is 4.06. The summed E-state index contributed by atoms with van der Waals surface area (Å²) in [5.41, 5.74) is 3.37. The third-order valence-corrected chi connectivity index (χ3v) is 4.55. The largest absolute Gasteiger partial charge is 0.497 e. The van der Waals surface area contributed by atoms with Crippen molar-refractivity contribution in [3.8, 4) is 11.5 Å². The molecule has 1 amide bonds. The van der Waals surface area contributed by atoms with Gasteiger partial charge >= 0.3 is 0 Å². The van der Waals surface area contributed by atoms with Gasteiger partial charge in [0, 0.05) is 21.9 Å². The van der Waals surface area contributed by atoms with Gasteiger partial charge in [-0.3, -0.25) is 9.79 Å². The number of nitrogens with one attached hydrogen (secondary N) is 1. The Balaban J connectivity index is 1.67. The summed E-state index contributed by atoms with van der Waals surface area (Å²) in [6, 6.07) is 20.6. The predicted molar refractivity (Wildman–Crippen MR) is 120 cm³/mol. The van der Waals surface area contributed by atoms with Gasteiger partial charge in [0.1, 0.15) is 11.5 Å². The first-order valence-corrected chi connectivity index (χ1v) is 9.80. The van der Waals surface area contributed by atoms with Crippen LogP contribution in [0.5, 0.6) is 11.5 Å². The molecule has 0 aromatic heterocycles. The maximum absolute atomic E-state index is 12.2. The van der Waals surface area contributed by atoms with Gasteiger partial charge in [-0.25, -0.2) is 0 Å². The van der Waals surface area contributed by atoms with E-state index in [1.807, 2.05) is 67.6 Å². The molecule has 0 saturated carbocycles. The summed E-state index contributed by atoms with van der Waals surface area (Å²) in [6.45, 7) is 1.88. The zero-order valence-electron chi connectivity index (χ0n) is 16.2. The SMILES string of the molecule is COc1ccc(N=Cc2cc(Br)ccc2OCC(=O)Nc2cccc(C)c2)cc1. The fourth-order valence-corrected chi connectivity index (χ4v) is 3.01. The number of methoxy groups -OCH3 is 1. The van der Waals surface area contributed by atoms with Gasteiger partial charge in [0.2, 0.25) is 0 Å². The lowest BCUT2D eigenvalue weighted by Gasteiger charge is -2.10. The number of hydrogen-bond donors (Lipinski definition) is 1. The van der Waals surface area contributed by atoms with E-state index >= 15 is 0 Å². The summed E-state index contributed by atoms with van der Waals surface area (Å²) in [5.74, 6) is 1.12. The minimum absolute atomic E-state index is 0.0983. The van der Waals surface area contributed by atoms with Crippen LogP contribution < -0.4 is 14.8 Å². The van der Waals surface area contributed by atoms with Crippen molar-refractivity contribution in [2.45, 2.75) is 6.92 Å². The number of ether oxygens (including phenoxy) is 2. The molecular formula is C23H21BrN2O3. The van der Waals surface area contributed by atoms with Crippen molar-refractivity contribution in [2.24, 2.45) is 4.99 Å². The molecule has 0 fully saturated rings. The molecule has 0 aliphatic rings. The Morgan fingerprint density at radius 3 is 2.62 bits per heavy atom. The number of anilines is 1. The van der Waals surface area contributed by atoms with Crippen molar-refractivity contribution in [1.29, 1.82) is 0 Å². The van der Waals surface area contributed by atoms with Crippen LogP contribution in [0.2, 0.25) is 0 Å². The zero-order valence-corrected chi connectivity index (χ0v) is 17.8. The van der Waals surface area contributed by atoms with Gasteiger partial charge in [0.25, 0.3) is 5.91 Å². The summed E-state index contributed by atoms with van der Waals surface area (Å²) < 4.78 is 11.8. The van der Waals surface area contributed by atoms with Crippen LogP contribution in [-0.4, -0.2) is 25.8 Å². The quantitative estimate of drug-likeness (QED) is 0.479. The number of nitrogens with zero attached hydrogens (tertiary/aromatic N) is 1. The Labute approximate surface area is 178 Å². The molecule has 3 rings (SSSR count). The molecule has 3 aromatic rings. The lowest BCUT2D eigenvalue weighted by atomic mass is 10.2. The van der Waals surface area contributed by atoms with Crippen LogP contribution >= 0.6 is 15.9 Å². The Bertz CT molecular complexity index is 1020. The van der Waals surface area contributed by atoms with E-state index in [0.717, 1.165) is 32.7 Å². The van der Waals surface area contributed by atoms with Crippen LogP contribution in [0.25, 0.3) is 0 Å². The Kier molecular flexibility index (Phi) is 7.03. The predicted octanol–water partition coefficient (Wildman–Crippen LogP) is 5.53. The van der Waals surface area contributed by atoms with Crippen LogP contribution in [0.15, 0.2) is 76.2 Å². The molecule has 0 radical (unpaired) electrons. The number of benzene rings is 3. The van der Waals surface area contributed by atoms with Gasteiger partial charge in [-0.1, -0.05) is 28.1 Å². The van der Waals surface area contributed by atoms with Gasteiger partial charge < -0.3 is 14.8 Å². The highest BCUT2D eigenvalue weighted by molar-refractivity contribution is 9.10. The highest BCUT2D eigenvalue weighted by Gasteiger charge is 2.08. The molecule has 3 aromatic carbocycles. The molecule has 0 heterocycles. The first-order valence-electron chi connectivity index (χ1n) is 9.00. The van der Waals surface area contributed by atoms with Gasteiger partial charge in [-0.05, 0) is 67.1 Å². The highest BCUT2D eigenvalue weighted by Crippen LogP contribution is 2.24. The maximum Gasteiger partial charge on any atom is 0.262 e. The number of halogens is 1. The molecule has 0 atom stereocenters. The number of carbonyl (C=O) groups is 1. The normalized spacial score (nSPS) is 10.7. The molecule has 0 saturated heterocycles. The number of aliphatic imine (C=N–C) groups is 1. The van der Waals surface area contributed by atoms with Gasteiger partial charge in [-0.15, -0.1) is 0 Å². The van der Waals surface area contributed by atoms with Crippen molar-refractivity contribution in [1.82, 2.24) is 0 Å². The second-order valence-electron chi connectivity index (χ2n) is 6.34. The van der Waals surface area contributed by atoms with Crippen LogP contribution in [0, 0.1) is 6.92 Å². The van der Waals surface area contributed by atoms with E-state index in [1.165, 1.54) is 0 Å². The monoisotopic (exact) mass is 452 g/mol. The van der Waals surface area contributed by atoms with Crippen molar-refractivity contribution >= 4 is 39.4 Å². The van der Waals surface area contributed by atoms with E-state index in [0.29, 0.717) is 5.75 Å². The van der Waals surface area contributed by atoms with E-state index in [9.17, 15) is 4.79 Å². The molecule has 1 N–H and O–H groups in total. The summed E-state index contributed by atoms with van der Waals surface area (Å²) >= 11 is 3.46. The molecule has 0 spiro atoms. The van der Waals surface area contributed by atoms with Gasteiger partial charge in [0.15, 0.2) is 6.61 Å². The number of amides is 1. The summed E-state index contributed by atoms with van der Waals surface area (Å²) in [4.78, 5) is 16.7. The molecule has 0 aliphatic heterocycles. The smallest absolute Gasteiger partial charge is 0.262 e. The van der Waals surface area contributed by atoms with E-state index in [4.69, 9.17) is 9.47 Å². The summed E-state index contributed by atoms with van der Waals surface area (Å²) in [5, 5.41) is 2.83. The van der Waals surface area contributed by atoms with Crippen molar-refractivity contribution in [2.75, 3.05) is 19.0 Å². The Hall–Kier alpha value is -3.12. The number of carbonyl (C=O) groups excluding carboxylic acids is 1. The van der Waals surface area contributed by atoms with E-state index in [2.05, 4.69) is 26.2 Å². The first-order chi connectivity index (χ1) is 14.0. The zero-order chi connectivity index (χ0) is 20.6. The third kappa shape index (κ3) is 6.19. The maximum atomic E-state index is 12.2. The lowest BCUT2D eigenvalue weighted by Crippen LogP contribution is -2.20. The minimum Gasteiger partial charge on any atom is -0.497 e. The number of hydrogen-bond acceptors (Lipinski definition) is 4. The molecule has 0 bridgehead atoms. The van der Waals surface area contributed by atoms with E-state index < -0.39 is 0 Å². The van der Waals surface area contributed by atoms with Gasteiger partial charge in [-0.2, -0.15) is 0 Å². The summed E-state index contributed by atoms with van der Waals surface area (Å²) in [6.07, 6.45) is 1.71. The molecule has 6 heteroatoms. The summed E-state index contributed by atoms with van der Waals surface area (Å²) in [7, 11) is 1.62. The second-order valence-corrected chi connectivity index (χ2v) is 7.26. The van der Waals surface area contributed by atoms with Crippen LogP contribution in [0.3, 0.4) is 0 Å². The van der Waals surface area contributed by atoms with Crippen LogP contribution in [0.1, 0.15) is 11.1 Å². The van der Waals surface area contributed by atoms with Crippen molar-refractivity contribution in [3.05, 3.63) is 82.3 Å². The molecule has 5 nitrogen and oxygen atoms in total. The first kappa shape index (κ1) is 20.6. The fourth-order valence-electron chi connectivity index (χ4n) is 2.63. The second kappa shape index (κ2) is 9.89. The lowest BCUT2D eigenvalue weighted by molar-refractivity contribution is -0.118. The number of rotatable bonds is 7.